The molecule has 5 nitrogen and oxygen atoms in total. The summed E-state index contributed by atoms with van der Waals surface area (Å²) in [6, 6.07) is 5.71. The Kier molecular flexibility index (Phi) is 5.05. The number of nitrogens with one attached hydrogen (secondary N) is 1. The van der Waals surface area contributed by atoms with Crippen LogP contribution in [0.25, 0.3) is 0 Å². The largest absolute Gasteiger partial charge is 0.480 e. The lowest BCUT2D eigenvalue weighted by molar-refractivity contribution is -0.144. The van der Waals surface area contributed by atoms with Crippen molar-refractivity contribution in [2.45, 2.75) is 18.5 Å². The van der Waals surface area contributed by atoms with Crippen LogP contribution in [-0.4, -0.2) is 54.2 Å². The molecule has 2 atom stereocenters. The molecule has 1 fully saturated rings. The fourth-order valence-electron chi connectivity index (χ4n) is 2.65. The van der Waals surface area contributed by atoms with Crippen LogP contribution in [0, 0.1) is 5.82 Å². The molecule has 0 aliphatic carbocycles. The Labute approximate surface area is 117 Å². The van der Waals surface area contributed by atoms with Crippen molar-refractivity contribution in [3.63, 3.8) is 0 Å². The fourth-order valence-corrected chi connectivity index (χ4v) is 2.65. The zero-order valence-electron chi connectivity index (χ0n) is 11.3. The van der Waals surface area contributed by atoms with Gasteiger partial charge in [0, 0.05) is 32.2 Å². The van der Waals surface area contributed by atoms with Crippen molar-refractivity contribution in [3.8, 4) is 0 Å². The minimum Gasteiger partial charge on any atom is -0.480 e. The molecule has 1 aliphatic rings. The molecule has 2 rings (SSSR count). The standard InChI is InChI=1S/C14H20FN3O2/c15-11-3-1-10(2-4-11)7-12-9-17-5-6-18(12)13(8-16)14(19)20/h1-4,12-13,17H,5-9,16H2,(H,19,20). The lowest BCUT2D eigenvalue weighted by Crippen LogP contribution is -2.59. The van der Waals surface area contributed by atoms with Gasteiger partial charge in [-0.1, -0.05) is 12.1 Å². The van der Waals surface area contributed by atoms with E-state index in [0.717, 1.165) is 12.1 Å². The fraction of sp³-hybridized carbons (Fsp3) is 0.500. The first-order valence-corrected chi connectivity index (χ1v) is 6.75. The van der Waals surface area contributed by atoms with Gasteiger partial charge in [0.15, 0.2) is 0 Å². The minimum absolute atomic E-state index is 0.0545. The van der Waals surface area contributed by atoms with Crippen molar-refractivity contribution in [1.29, 1.82) is 0 Å². The first-order valence-electron chi connectivity index (χ1n) is 6.75. The lowest BCUT2D eigenvalue weighted by Gasteiger charge is -2.39. The summed E-state index contributed by atoms with van der Waals surface area (Å²) in [6.45, 7) is 2.21. The van der Waals surface area contributed by atoms with E-state index < -0.39 is 12.0 Å². The van der Waals surface area contributed by atoms with Crippen LogP contribution in [-0.2, 0) is 11.2 Å². The average Bonchev–Trinajstić information content (AvgIpc) is 2.43. The number of aliphatic carboxylic acids is 1. The summed E-state index contributed by atoms with van der Waals surface area (Å²) < 4.78 is 12.9. The SMILES string of the molecule is NCC(C(=O)O)N1CCNCC1Cc1ccc(F)cc1. The summed E-state index contributed by atoms with van der Waals surface area (Å²) in [7, 11) is 0. The molecule has 2 unspecified atom stereocenters. The smallest absolute Gasteiger partial charge is 0.322 e. The number of carbonyl (C=O) groups is 1. The number of carboxylic acids is 1. The number of nitrogens with two attached hydrogens (primary N) is 1. The Balaban J connectivity index is 2.10. The molecule has 0 amide bonds. The molecule has 6 heteroatoms. The van der Waals surface area contributed by atoms with E-state index in [-0.39, 0.29) is 18.4 Å². The predicted molar refractivity (Wildman–Crippen MR) is 73.9 cm³/mol. The van der Waals surface area contributed by atoms with Crippen LogP contribution < -0.4 is 11.1 Å². The number of halogens is 1. The van der Waals surface area contributed by atoms with Gasteiger partial charge in [0.2, 0.25) is 0 Å². The second-order valence-electron chi connectivity index (χ2n) is 5.02. The van der Waals surface area contributed by atoms with Crippen molar-refractivity contribution >= 4 is 5.97 Å². The highest BCUT2D eigenvalue weighted by Gasteiger charge is 2.32. The Morgan fingerprint density at radius 1 is 1.50 bits per heavy atom. The number of hydrogen-bond acceptors (Lipinski definition) is 4. The molecule has 0 bridgehead atoms. The molecule has 1 heterocycles. The van der Waals surface area contributed by atoms with Crippen LogP contribution in [0.3, 0.4) is 0 Å². The molecule has 1 saturated heterocycles. The van der Waals surface area contributed by atoms with Crippen molar-refractivity contribution in [2.75, 3.05) is 26.2 Å². The topological polar surface area (TPSA) is 78.6 Å². The van der Waals surface area contributed by atoms with Gasteiger partial charge in [-0.25, -0.2) is 4.39 Å². The quantitative estimate of drug-likeness (QED) is 0.711. The number of carboxylic acid groups (broad SMARTS) is 1. The highest BCUT2D eigenvalue weighted by atomic mass is 19.1. The van der Waals surface area contributed by atoms with E-state index in [1.807, 2.05) is 4.90 Å². The first-order chi connectivity index (χ1) is 9.61. The Hall–Kier alpha value is -1.50. The lowest BCUT2D eigenvalue weighted by atomic mass is 10.0. The van der Waals surface area contributed by atoms with Crippen molar-refractivity contribution < 1.29 is 14.3 Å². The van der Waals surface area contributed by atoms with Gasteiger partial charge in [-0.3, -0.25) is 9.69 Å². The predicted octanol–water partition coefficient (Wildman–Crippen LogP) is 0.0539. The van der Waals surface area contributed by atoms with Gasteiger partial charge < -0.3 is 16.2 Å². The summed E-state index contributed by atoms with van der Waals surface area (Å²) in [4.78, 5) is 13.2. The number of nitrogens with zero attached hydrogens (tertiary/aromatic N) is 1. The molecule has 110 valence electrons. The molecule has 1 aliphatic heterocycles. The van der Waals surface area contributed by atoms with E-state index in [1.54, 1.807) is 12.1 Å². The zero-order chi connectivity index (χ0) is 14.5. The van der Waals surface area contributed by atoms with Crippen molar-refractivity contribution in [1.82, 2.24) is 10.2 Å². The van der Waals surface area contributed by atoms with E-state index in [9.17, 15) is 14.3 Å². The highest BCUT2D eigenvalue weighted by molar-refractivity contribution is 5.73. The number of rotatable bonds is 5. The van der Waals surface area contributed by atoms with Crippen molar-refractivity contribution in [3.05, 3.63) is 35.6 Å². The molecule has 4 N–H and O–H groups in total. The van der Waals surface area contributed by atoms with Gasteiger partial charge in [0.1, 0.15) is 11.9 Å². The molecule has 0 spiro atoms. The molecule has 0 aromatic heterocycles. The monoisotopic (exact) mass is 281 g/mol. The minimum atomic E-state index is -0.890. The Bertz CT molecular complexity index is 452. The summed E-state index contributed by atoms with van der Waals surface area (Å²) in [5.41, 5.74) is 6.58. The van der Waals surface area contributed by atoms with Gasteiger partial charge in [0.25, 0.3) is 0 Å². The highest BCUT2D eigenvalue weighted by Crippen LogP contribution is 2.14. The van der Waals surface area contributed by atoms with Crippen molar-refractivity contribution in [2.24, 2.45) is 5.73 Å². The third kappa shape index (κ3) is 3.53. The van der Waals surface area contributed by atoms with Gasteiger partial charge >= 0.3 is 5.97 Å². The van der Waals surface area contributed by atoms with Crippen LogP contribution in [0.1, 0.15) is 5.56 Å². The molecule has 0 radical (unpaired) electrons. The second kappa shape index (κ2) is 6.78. The number of hydrogen-bond donors (Lipinski definition) is 3. The zero-order valence-corrected chi connectivity index (χ0v) is 11.3. The molecule has 0 saturated carbocycles. The van der Waals surface area contributed by atoms with Crippen LogP contribution >= 0.6 is 0 Å². The number of benzene rings is 1. The number of piperazine rings is 1. The first kappa shape index (κ1) is 14.9. The molecule has 20 heavy (non-hydrogen) atoms. The summed E-state index contributed by atoms with van der Waals surface area (Å²) >= 11 is 0. The summed E-state index contributed by atoms with van der Waals surface area (Å²) in [6.07, 6.45) is 0.678. The van der Waals surface area contributed by atoms with Crippen LogP contribution in [0.15, 0.2) is 24.3 Å². The van der Waals surface area contributed by atoms with E-state index in [1.165, 1.54) is 12.1 Å². The molecular formula is C14H20FN3O2. The maximum Gasteiger partial charge on any atom is 0.322 e. The van der Waals surface area contributed by atoms with Crippen LogP contribution in [0.5, 0.6) is 0 Å². The third-order valence-corrected chi connectivity index (χ3v) is 3.69. The third-order valence-electron chi connectivity index (χ3n) is 3.69. The maximum atomic E-state index is 12.9. The van der Waals surface area contributed by atoms with Gasteiger partial charge in [-0.05, 0) is 24.1 Å². The maximum absolute atomic E-state index is 12.9. The van der Waals surface area contributed by atoms with E-state index in [2.05, 4.69) is 5.32 Å². The Morgan fingerprint density at radius 3 is 2.80 bits per heavy atom. The van der Waals surface area contributed by atoms with E-state index in [4.69, 9.17) is 5.73 Å². The second-order valence-corrected chi connectivity index (χ2v) is 5.02. The average molecular weight is 281 g/mol. The normalized spacial score (nSPS) is 21.6. The molecular weight excluding hydrogens is 261 g/mol. The van der Waals surface area contributed by atoms with Gasteiger partial charge in [0.05, 0.1) is 0 Å². The van der Waals surface area contributed by atoms with E-state index in [0.29, 0.717) is 19.5 Å². The summed E-state index contributed by atoms with van der Waals surface area (Å²) in [5.74, 6) is -1.16. The van der Waals surface area contributed by atoms with E-state index >= 15 is 0 Å². The van der Waals surface area contributed by atoms with Crippen LogP contribution in [0.4, 0.5) is 4.39 Å². The van der Waals surface area contributed by atoms with Crippen LogP contribution in [0.2, 0.25) is 0 Å². The molecule has 1 aromatic carbocycles. The molecule has 1 aromatic rings. The van der Waals surface area contributed by atoms with Gasteiger partial charge in [-0.2, -0.15) is 0 Å². The Morgan fingerprint density at radius 2 is 2.20 bits per heavy atom. The summed E-state index contributed by atoms with van der Waals surface area (Å²) in [5, 5.41) is 12.5. The van der Waals surface area contributed by atoms with Gasteiger partial charge in [-0.15, -0.1) is 0 Å².